The van der Waals surface area contributed by atoms with Crippen LogP contribution in [0.4, 0.5) is 11.8 Å². The molecule has 1 spiro atoms. The normalized spacial score (nSPS) is 16.8. The highest BCUT2D eigenvalue weighted by Gasteiger charge is 2.43. The molecule has 0 saturated carbocycles. The number of ether oxygens (including phenoxy) is 1. The van der Waals surface area contributed by atoms with Crippen LogP contribution in [-0.2, 0) is 13.1 Å². The number of carbonyl (C=O) groups is 1. The number of nitrogens with one attached hydrogen (secondary N) is 2. The summed E-state index contributed by atoms with van der Waals surface area (Å²) in [7, 11) is 3.77. The number of halogens is 1. The van der Waals surface area contributed by atoms with Gasteiger partial charge in [0.15, 0.2) is 0 Å². The van der Waals surface area contributed by atoms with Crippen LogP contribution in [0.15, 0.2) is 54.7 Å². The largest absolute Gasteiger partial charge is 0.495 e. The fourth-order valence-electron chi connectivity index (χ4n) is 5.30. The molecule has 9 heteroatoms. The lowest BCUT2D eigenvalue weighted by atomic mass is 9.72. The quantitative estimate of drug-likeness (QED) is 0.460. The highest BCUT2D eigenvalue weighted by atomic mass is 35.5. The van der Waals surface area contributed by atoms with Crippen molar-refractivity contribution in [3.63, 3.8) is 0 Å². The minimum atomic E-state index is -0.222. The van der Waals surface area contributed by atoms with Gasteiger partial charge in [-0.15, -0.1) is 0 Å². The van der Waals surface area contributed by atoms with Gasteiger partial charge in [-0.25, -0.2) is 4.98 Å². The average molecular weight is 521 g/mol. The second-order valence-corrected chi connectivity index (χ2v) is 10.5. The van der Waals surface area contributed by atoms with Gasteiger partial charge in [0.25, 0.3) is 5.91 Å². The van der Waals surface area contributed by atoms with Crippen molar-refractivity contribution in [1.82, 2.24) is 20.2 Å². The van der Waals surface area contributed by atoms with Gasteiger partial charge in [-0.1, -0.05) is 48.0 Å². The summed E-state index contributed by atoms with van der Waals surface area (Å²) in [5, 5.41) is 6.88. The fourth-order valence-corrected chi connectivity index (χ4v) is 5.58. The van der Waals surface area contributed by atoms with Gasteiger partial charge in [0.05, 0.1) is 12.1 Å². The molecule has 0 aliphatic carbocycles. The molecule has 2 fully saturated rings. The summed E-state index contributed by atoms with van der Waals surface area (Å²) in [6, 6.07) is 15.5. The number of nitrogens with zero attached hydrogens (tertiary/aromatic N) is 4. The maximum absolute atomic E-state index is 13.2. The zero-order valence-electron chi connectivity index (χ0n) is 21.3. The molecule has 2 aliphatic rings. The van der Waals surface area contributed by atoms with Crippen molar-refractivity contribution in [2.75, 3.05) is 50.6 Å². The van der Waals surface area contributed by atoms with Gasteiger partial charge in [0.1, 0.15) is 17.1 Å². The molecule has 5 rings (SSSR count). The molecule has 194 valence electrons. The Bertz CT molecular complexity index is 1240. The van der Waals surface area contributed by atoms with Crippen molar-refractivity contribution < 1.29 is 9.53 Å². The second-order valence-electron chi connectivity index (χ2n) is 10.1. The number of carbonyl (C=O) groups excluding carboxylic acids is 1. The summed E-state index contributed by atoms with van der Waals surface area (Å²) in [4.78, 5) is 27.2. The highest BCUT2D eigenvalue weighted by Crippen LogP contribution is 2.40. The monoisotopic (exact) mass is 520 g/mol. The first-order valence-electron chi connectivity index (χ1n) is 12.6. The summed E-state index contributed by atoms with van der Waals surface area (Å²) >= 11 is 6.32. The number of hydrogen-bond acceptors (Lipinski definition) is 7. The van der Waals surface area contributed by atoms with Gasteiger partial charge in [0, 0.05) is 45.5 Å². The van der Waals surface area contributed by atoms with Crippen LogP contribution in [-0.4, -0.2) is 61.1 Å². The van der Waals surface area contributed by atoms with Crippen LogP contribution < -0.4 is 20.3 Å². The molecule has 8 nitrogen and oxygen atoms in total. The van der Waals surface area contributed by atoms with Gasteiger partial charge in [-0.05, 0) is 48.6 Å². The van der Waals surface area contributed by atoms with Crippen LogP contribution in [0.1, 0.15) is 34.3 Å². The summed E-state index contributed by atoms with van der Waals surface area (Å²) in [6.45, 7) is 5.05. The summed E-state index contributed by atoms with van der Waals surface area (Å²) < 4.78 is 5.26. The van der Waals surface area contributed by atoms with Gasteiger partial charge in [-0.2, -0.15) is 4.98 Å². The minimum absolute atomic E-state index is 0.222. The Morgan fingerprint density at radius 1 is 1.08 bits per heavy atom. The molecule has 1 aromatic heterocycles. The van der Waals surface area contributed by atoms with Crippen LogP contribution in [0, 0.1) is 5.41 Å². The number of hydrogen-bond donors (Lipinski definition) is 2. The summed E-state index contributed by atoms with van der Waals surface area (Å²) in [6.07, 6.45) is 3.90. The number of piperidine rings is 1. The molecule has 0 radical (unpaired) electrons. The Morgan fingerprint density at radius 2 is 1.84 bits per heavy atom. The number of rotatable bonds is 8. The lowest BCUT2D eigenvalue weighted by molar-refractivity contribution is 0.00111. The SMILES string of the molecule is COc1ccc(CNc2nc(N3CCC4(CC3)CN(C)C4)ncc2C(=O)NCc2ccccc2)cc1Cl. The Hall–Kier alpha value is -3.36. The Morgan fingerprint density at radius 3 is 2.51 bits per heavy atom. The lowest BCUT2D eigenvalue weighted by Crippen LogP contribution is -2.58. The molecular formula is C28H33ClN6O2. The maximum atomic E-state index is 13.2. The predicted octanol–water partition coefficient (Wildman–Crippen LogP) is 4.21. The molecular weight excluding hydrogens is 488 g/mol. The molecule has 2 aromatic carbocycles. The van der Waals surface area contributed by atoms with Crippen molar-refractivity contribution in [1.29, 1.82) is 0 Å². The predicted molar refractivity (Wildman–Crippen MR) is 146 cm³/mol. The van der Waals surface area contributed by atoms with E-state index in [1.54, 1.807) is 13.3 Å². The van der Waals surface area contributed by atoms with Crippen LogP contribution in [0.3, 0.4) is 0 Å². The molecule has 0 atom stereocenters. The van der Waals surface area contributed by atoms with Crippen molar-refractivity contribution in [3.05, 3.63) is 76.4 Å². The number of amides is 1. The molecule has 2 saturated heterocycles. The number of methoxy groups -OCH3 is 1. The fraction of sp³-hybridized carbons (Fsp3) is 0.393. The van der Waals surface area contributed by atoms with Crippen LogP contribution in [0.2, 0.25) is 5.02 Å². The first-order valence-corrected chi connectivity index (χ1v) is 13.0. The molecule has 0 bridgehead atoms. The van der Waals surface area contributed by atoms with Gasteiger partial charge in [-0.3, -0.25) is 4.79 Å². The van der Waals surface area contributed by atoms with E-state index in [0.29, 0.717) is 46.6 Å². The second kappa shape index (κ2) is 10.9. The third kappa shape index (κ3) is 5.81. The topological polar surface area (TPSA) is 82.6 Å². The first-order chi connectivity index (χ1) is 17.9. The third-order valence-corrected chi connectivity index (χ3v) is 7.61. The molecule has 2 aliphatic heterocycles. The van der Waals surface area contributed by atoms with Crippen molar-refractivity contribution in [3.8, 4) is 5.75 Å². The zero-order chi connectivity index (χ0) is 25.8. The van der Waals surface area contributed by atoms with Gasteiger partial charge >= 0.3 is 0 Å². The molecule has 2 N–H and O–H groups in total. The van der Waals surface area contributed by atoms with Crippen molar-refractivity contribution in [2.45, 2.75) is 25.9 Å². The van der Waals surface area contributed by atoms with E-state index in [9.17, 15) is 4.79 Å². The Balaban J connectivity index is 1.33. The third-order valence-electron chi connectivity index (χ3n) is 7.31. The number of aromatic nitrogens is 2. The zero-order valence-corrected chi connectivity index (χ0v) is 22.1. The number of anilines is 2. The maximum Gasteiger partial charge on any atom is 0.256 e. The molecule has 3 aromatic rings. The van der Waals surface area contributed by atoms with E-state index >= 15 is 0 Å². The average Bonchev–Trinajstić information content (AvgIpc) is 2.91. The molecule has 0 unspecified atom stereocenters. The van der Waals surface area contributed by atoms with E-state index < -0.39 is 0 Å². The molecule has 37 heavy (non-hydrogen) atoms. The number of benzene rings is 2. The molecule has 1 amide bonds. The van der Waals surface area contributed by atoms with E-state index in [1.165, 1.54) is 13.1 Å². The van der Waals surface area contributed by atoms with E-state index in [4.69, 9.17) is 21.3 Å². The van der Waals surface area contributed by atoms with Crippen molar-refractivity contribution >= 4 is 29.3 Å². The summed E-state index contributed by atoms with van der Waals surface area (Å²) in [5.74, 6) is 1.56. The van der Waals surface area contributed by atoms with E-state index in [1.807, 2.05) is 48.5 Å². The van der Waals surface area contributed by atoms with Crippen molar-refractivity contribution in [2.24, 2.45) is 5.41 Å². The lowest BCUT2D eigenvalue weighted by Gasteiger charge is -2.52. The van der Waals surface area contributed by atoms with Gasteiger partial charge < -0.3 is 25.2 Å². The highest BCUT2D eigenvalue weighted by molar-refractivity contribution is 6.32. The van der Waals surface area contributed by atoms with E-state index in [-0.39, 0.29) is 5.91 Å². The Kier molecular flexibility index (Phi) is 7.48. The first kappa shape index (κ1) is 25.3. The van der Waals surface area contributed by atoms with Crippen LogP contribution in [0.25, 0.3) is 0 Å². The standard InChI is InChI=1S/C28H33ClN6O2/c1-34-18-28(19-34)10-12-35(13-11-28)27-32-17-22(26(36)31-15-20-6-4-3-5-7-20)25(33-27)30-16-21-8-9-24(37-2)23(29)14-21/h3-9,14,17H,10-13,15-16,18-19H2,1-2H3,(H,31,36)(H,30,32,33). The summed E-state index contributed by atoms with van der Waals surface area (Å²) in [5.41, 5.74) is 2.83. The number of likely N-dealkylation sites (tertiary alicyclic amines) is 1. The smallest absolute Gasteiger partial charge is 0.256 e. The minimum Gasteiger partial charge on any atom is -0.495 e. The van der Waals surface area contributed by atoms with Gasteiger partial charge in [0.2, 0.25) is 5.95 Å². The van der Waals surface area contributed by atoms with E-state index in [0.717, 1.165) is 37.1 Å². The van der Waals surface area contributed by atoms with Crippen LogP contribution >= 0.6 is 11.6 Å². The van der Waals surface area contributed by atoms with Crippen LogP contribution in [0.5, 0.6) is 5.75 Å². The van der Waals surface area contributed by atoms with E-state index in [2.05, 4.69) is 32.5 Å². The Labute approximate surface area is 223 Å². The molecule has 3 heterocycles.